The molecule has 0 aliphatic carbocycles. The van der Waals surface area contributed by atoms with E-state index in [2.05, 4.69) is 15.6 Å². The number of methoxy groups -OCH3 is 1. The van der Waals surface area contributed by atoms with Gasteiger partial charge in [0.2, 0.25) is 10.0 Å². The van der Waals surface area contributed by atoms with Gasteiger partial charge in [-0.15, -0.1) is 5.10 Å². The van der Waals surface area contributed by atoms with E-state index in [4.69, 9.17) is 9.88 Å². The quantitative estimate of drug-likeness (QED) is 0.646. The largest absolute Gasteiger partial charge is 0.378 e. The van der Waals surface area contributed by atoms with Gasteiger partial charge < -0.3 is 10.1 Å². The van der Waals surface area contributed by atoms with Gasteiger partial charge in [-0.05, 0) is 43.3 Å². The number of rotatable bonds is 6. The Balaban J connectivity index is 1.88. The Morgan fingerprint density at radius 3 is 2.36 bits per heavy atom. The van der Waals surface area contributed by atoms with Crippen LogP contribution in [0.15, 0.2) is 53.4 Å². The molecule has 0 saturated heterocycles. The van der Waals surface area contributed by atoms with Gasteiger partial charge in [0.05, 0.1) is 17.2 Å². The van der Waals surface area contributed by atoms with Crippen LogP contribution in [0.25, 0.3) is 5.69 Å². The van der Waals surface area contributed by atoms with Crippen molar-refractivity contribution in [3.63, 3.8) is 0 Å². The highest BCUT2D eigenvalue weighted by atomic mass is 32.2. The van der Waals surface area contributed by atoms with E-state index in [1.807, 2.05) is 31.2 Å². The van der Waals surface area contributed by atoms with Crippen LogP contribution in [-0.4, -0.2) is 36.4 Å². The summed E-state index contributed by atoms with van der Waals surface area (Å²) in [6.45, 7) is 2.11. The number of amides is 1. The van der Waals surface area contributed by atoms with Crippen molar-refractivity contribution in [1.82, 2.24) is 15.0 Å². The van der Waals surface area contributed by atoms with Gasteiger partial charge in [-0.1, -0.05) is 22.9 Å². The summed E-state index contributed by atoms with van der Waals surface area (Å²) in [5, 5.41) is 15.8. The van der Waals surface area contributed by atoms with E-state index in [0.717, 1.165) is 11.3 Å². The lowest BCUT2D eigenvalue weighted by Crippen LogP contribution is -2.16. The first-order valence-electron chi connectivity index (χ1n) is 8.24. The SMILES string of the molecule is COCc1c(C(=O)Nc2ccc(S(N)(=O)=O)cc2)nnn1-c1ccc(C)cc1. The predicted molar refractivity (Wildman–Crippen MR) is 103 cm³/mol. The number of primary sulfonamides is 1. The van der Waals surface area contributed by atoms with Crippen molar-refractivity contribution in [2.24, 2.45) is 5.14 Å². The standard InChI is InChI=1S/C18H19N5O4S/c1-12-3-7-14(8-4-12)23-16(11-27-2)17(21-22-23)18(24)20-13-5-9-15(10-6-13)28(19,25)26/h3-10H,11H2,1-2H3,(H,20,24)(H2,19,25,26). The molecule has 0 radical (unpaired) electrons. The van der Waals surface area contributed by atoms with Crippen molar-refractivity contribution in [2.75, 3.05) is 12.4 Å². The van der Waals surface area contributed by atoms with Crippen LogP contribution >= 0.6 is 0 Å². The van der Waals surface area contributed by atoms with Gasteiger partial charge in [0.1, 0.15) is 5.69 Å². The number of hydrogen-bond acceptors (Lipinski definition) is 6. The molecule has 0 fully saturated rings. The van der Waals surface area contributed by atoms with Crippen LogP contribution in [0, 0.1) is 6.92 Å². The number of aromatic nitrogens is 3. The third-order valence-corrected chi connectivity index (χ3v) is 4.91. The van der Waals surface area contributed by atoms with Crippen LogP contribution in [0.1, 0.15) is 21.7 Å². The van der Waals surface area contributed by atoms with Crippen LogP contribution in [0.2, 0.25) is 0 Å². The van der Waals surface area contributed by atoms with Crippen LogP contribution in [-0.2, 0) is 21.4 Å². The van der Waals surface area contributed by atoms with Crippen molar-refractivity contribution in [3.8, 4) is 5.69 Å². The second kappa shape index (κ2) is 7.89. The number of anilines is 1. The Hall–Kier alpha value is -3.08. The second-order valence-electron chi connectivity index (χ2n) is 6.09. The maximum absolute atomic E-state index is 12.7. The summed E-state index contributed by atoms with van der Waals surface area (Å²) < 4.78 is 29.4. The van der Waals surface area contributed by atoms with Crippen LogP contribution in [0.5, 0.6) is 0 Å². The summed E-state index contributed by atoms with van der Waals surface area (Å²) in [5.74, 6) is -0.492. The highest BCUT2D eigenvalue weighted by Crippen LogP contribution is 2.18. The maximum Gasteiger partial charge on any atom is 0.278 e. The van der Waals surface area contributed by atoms with Gasteiger partial charge in [-0.2, -0.15) is 0 Å². The average molecular weight is 401 g/mol. The fraction of sp³-hybridized carbons (Fsp3) is 0.167. The van der Waals surface area contributed by atoms with Gasteiger partial charge in [0.15, 0.2) is 5.69 Å². The lowest BCUT2D eigenvalue weighted by molar-refractivity contribution is 0.101. The van der Waals surface area contributed by atoms with E-state index in [0.29, 0.717) is 11.4 Å². The summed E-state index contributed by atoms with van der Waals surface area (Å²) in [6.07, 6.45) is 0. The first-order chi connectivity index (χ1) is 13.3. The van der Waals surface area contributed by atoms with E-state index in [9.17, 15) is 13.2 Å². The van der Waals surface area contributed by atoms with Crippen LogP contribution in [0.4, 0.5) is 5.69 Å². The Kier molecular flexibility index (Phi) is 5.54. The molecule has 0 unspecified atom stereocenters. The third kappa shape index (κ3) is 4.25. The normalized spacial score (nSPS) is 11.4. The first-order valence-corrected chi connectivity index (χ1v) is 9.79. The summed E-state index contributed by atoms with van der Waals surface area (Å²) in [4.78, 5) is 12.6. The molecule has 0 atom stereocenters. The van der Waals surface area contributed by atoms with Crippen molar-refractivity contribution in [1.29, 1.82) is 0 Å². The smallest absolute Gasteiger partial charge is 0.278 e. The molecule has 9 nitrogen and oxygen atoms in total. The highest BCUT2D eigenvalue weighted by molar-refractivity contribution is 7.89. The zero-order valence-corrected chi connectivity index (χ0v) is 16.1. The average Bonchev–Trinajstić information content (AvgIpc) is 3.06. The summed E-state index contributed by atoms with van der Waals surface area (Å²) >= 11 is 0. The molecule has 10 heteroatoms. The minimum absolute atomic E-state index is 0.0455. The molecular weight excluding hydrogens is 382 g/mol. The van der Waals surface area contributed by atoms with Gasteiger partial charge >= 0.3 is 0 Å². The molecular formula is C18H19N5O4S. The summed E-state index contributed by atoms with van der Waals surface area (Å²) in [5.41, 5.74) is 2.84. The number of carbonyl (C=O) groups excluding carboxylic acids is 1. The fourth-order valence-corrected chi connectivity index (χ4v) is 3.07. The summed E-state index contributed by atoms with van der Waals surface area (Å²) in [6, 6.07) is 13.1. The molecule has 3 N–H and O–H groups in total. The van der Waals surface area contributed by atoms with Gasteiger partial charge in [0.25, 0.3) is 5.91 Å². The van der Waals surface area contributed by atoms with Crippen molar-refractivity contribution < 1.29 is 17.9 Å². The molecule has 1 heterocycles. The zero-order chi connectivity index (χ0) is 20.3. The number of nitrogens with one attached hydrogen (secondary N) is 1. The lowest BCUT2D eigenvalue weighted by atomic mass is 10.2. The molecule has 146 valence electrons. The molecule has 1 amide bonds. The molecule has 28 heavy (non-hydrogen) atoms. The maximum atomic E-state index is 12.7. The molecule has 1 aromatic heterocycles. The minimum atomic E-state index is -3.80. The molecule has 3 aromatic rings. The molecule has 2 aromatic carbocycles. The van der Waals surface area contributed by atoms with Crippen molar-refractivity contribution >= 4 is 21.6 Å². The number of nitrogens with two attached hydrogens (primary N) is 1. The number of ether oxygens (including phenoxy) is 1. The number of aryl methyl sites for hydroxylation is 1. The Morgan fingerprint density at radius 2 is 1.79 bits per heavy atom. The molecule has 0 spiro atoms. The molecule has 0 saturated carbocycles. The summed E-state index contributed by atoms with van der Waals surface area (Å²) in [7, 11) is -2.29. The van der Waals surface area contributed by atoms with Gasteiger partial charge in [-0.3, -0.25) is 4.79 Å². The second-order valence-corrected chi connectivity index (χ2v) is 7.65. The Labute approximate surface area is 162 Å². The van der Waals surface area contributed by atoms with Gasteiger partial charge in [0, 0.05) is 12.8 Å². The van der Waals surface area contributed by atoms with Crippen molar-refractivity contribution in [2.45, 2.75) is 18.4 Å². The lowest BCUT2D eigenvalue weighted by Gasteiger charge is -2.08. The Morgan fingerprint density at radius 1 is 1.14 bits per heavy atom. The van der Waals surface area contributed by atoms with Crippen LogP contribution < -0.4 is 10.5 Å². The number of carbonyl (C=O) groups is 1. The number of sulfonamides is 1. The minimum Gasteiger partial charge on any atom is -0.378 e. The third-order valence-electron chi connectivity index (χ3n) is 3.98. The topological polar surface area (TPSA) is 129 Å². The monoisotopic (exact) mass is 401 g/mol. The van der Waals surface area contributed by atoms with E-state index < -0.39 is 15.9 Å². The molecule has 0 bridgehead atoms. The molecule has 0 aliphatic rings. The first kappa shape index (κ1) is 19.7. The fourth-order valence-electron chi connectivity index (χ4n) is 2.56. The molecule has 3 rings (SSSR count). The van der Waals surface area contributed by atoms with E-state index in [-0.39, 0.29) is 17.2 Å². The highest BCUT2D eigenvalue weighted by Gasteiger charge is 2.21. The van der Waals surface area contributed by atoms with E-state index in [1.54, 1.807) is 4.68 Å². The van der Waals surface area contributed by atoms with Crippen molar-refractivity contribution in [3.05, 3.63) is 65.5 Å². The van der Waals surface area contributed by atoms with Crippen LogP contribution in [0.3, 0.4) is 0 Å². The van der Waals surface area contributed by atoms with E-state index >= 15 is 0 Å². The predicted octanol–water partition coefficient (Wildman–Crippen LogP) is 1.62. The van der Waals surface area contributed by atoms with Gasteiger partial charge in [-0.25, -0.2) is 18.2 Å². The molecule has 0 aliphatic heterocycles. The zero-order valence-electron chi connectivity index (χ0n) is 15.3. The Bertz CT molecular complexity index is 1090. The number of hydrogen-bond donors (Lipinski definition) is 2. The number of benzene rings is 2. The van der Waals surface area contributed by atoms with E-state index in [1.165, 1.54) is 31.4 Å². The number of nitrogens with zero attached hydrogens (tertiary/aromatic N) is 3.